The highest BCUT2D eigenvalue weighted by Gasteiger charge is 2.17. The first-order valence-electron chi connectivity index (χ1n) is 6.76. The topological polar surface area (TPSA) is 29.9 Å². The summed E-state index contributed by atoms with van der Waals surface area (Å²) in [4.78, 5) is 0. The second-order valence-corrected chi connectivity index (χ2v) is 5.44. The van der Waals surface area contributed by atoms with Crippen LogP contribution in [0.2, 0.25) is 0 Å². The monoisotopic (exact) mass is 321 g/mol. The van der Waals surface area contributed by atoms with Crippen molar-refractivity contribution in [2.75, 3.05) is 6.54 Å². The number of halogens is 1. The Morgan fingerprint density at radius 2 is 2.16 bits per heavy atom. The van der Waals surface area contributed by atoms with Gasteiger partial charge in [0.25, 0.3) is 0 Å². The van der Waals surface area contributed by atoms with E-state index in [-0.39, 0.29) is 6.04 Å². The highest BCUT2D eigenvalue weighted by atomic mass is 79.9. The number of aromatic nitrogens is 2. The van der Waals surface area contributed by atoms with E-state index in [1.807, 2.05) is 6.20 Å². The summed E-state index contributed by atoms with van der Waals surface area (Å²) in [6.45, 7) is 6.19. The lowest BCUT2D eigenvalue weighted by Crippen LogP contribution is -2.25. The molecule has 3 nitrogen and oxygen atoms in total. The zero-order valence-electron chi connectivity index (χ0n) is 11.4. The van der Waals surface area contributed by atoms with Crippen molar-refractivity contribution >= 4 is 15.9 Å². The van der Waals surface area contributed by atoms with Gasteiger partial charge in [-0.1, -0.05) is 41.9 Å². The lowest BCUT2D eigenvalue weighted by atomic mass is 10.0. The molecule has 1 aromatic heterocycles. The Hall–Kier alpha value is -1.13. The minimum Gasteiger partial charge on any atom is -0.305 e. The van der Waals surface area contributed by atoms with E-state index in [2.05, 4.69) is 75.2 Å². The second-order valence-electron chi connectivity index (χ2n) is 4.52. The van der Waals surface area contributed by atoms with Gasteiger partial charge < -0.3 is 5.32 Å². The van der Waals surface area contributed by atoms with Crippen molar-refractivity contribution in [3.8, 4) is 0 Å². The lowest BCUT2D eigenvalue weighted by Gasteiger charge is -2.20. The number of hydrogen-bond acceptors (Lipinski definition) is 2. The van der Waals surface area contributed by atoms with Gasteiger partial charge in [-0.3, -0.25) is 4.68 Å². The normalized spacial score (nSPS) is 12.6. The van der Waals surface area contributed by atoms with Gasteiger partial charge in [0.05, 0.1) is 11.7 Å². The number of aryl methyl sites for hydroxylation is 1. The molecule has 0 amide bonds. The van der Waals surface area contributed by atoms with Gasteiger partial charge in [0.15, 0.2) is 0 Å². The minimum atomic E-state index is 0.191. The molecule has 0 fully saturated rings. The molecule has 0 saturated carbocycles. The maximum atomic E-state index is 4.42. The third-order valence-corrected chi connectivity index (χ3v) is 3.56. The smallest absolute Gasteiger partial charge is 0.0748 e. The summed E-state index contributed by atoms with van der Waals surface area (Å²) in [5, 5.41) is 7.97. The molecule has 0 saturated heterocycles. The Kier molecular flexibility index (Phi) is 5.16. The molecule has 0 aliphatic rings. The van der Waals surface area contributed by atoms with Crippen LogP contribution in [0.5, 0.6) is 0 Å². The van der Waals surface area contributed by atoms with Gasteiger partial charge in [-0.25, -0.2) is 0 Å². The molecule has 0 aliphatic carbocycles. The van der Waals surface area contributed by atoms with Crippen LogP contribution >= 0.6 is 15.9 Å². The standard InChI is InChI=1S/C15H20BrN3/c1-3-10-19-14(8-9-18-19)15(17-4-2)12-6-5-7-13(16)11-12/h5-9,11,15,17H,3-4,10H2,1-2H3. The Morgan fingerprint density at radius 3 is 2.84 bits per heavy atom. The summed E-state index contributed by atoms with van der Waals surface area (Å²) in [5.41, 5.74) is 2.48. The molecule has 0 bridgehead atoms. The summed E-state index contributed by atoms with van der Waals surface area (Å²) in [7, 11) is 0. The van der Waals surface area contributed by atoms with Gasteiger partial charge in [-0.15, -0.1) is 0 Å². The van der Waals surface area contributed by atoms with E-state index in [1.165, 1.54) is 11.3 Å². The highest BCUT2D eigenvalue weighted by Crippen LogP contribution is 2.24. The molecule has 1 atom stereocenters. The Labute approximate surface area is 123 Å². The van der Waals surface area contributed by atoms with Crippen molar-refractivity contribution in [1.29, 1.82) is 0 Å². The minimum absolute atomic E-state index is 0.191. The number of hydrogen-bond donors (Lipinski definition) is 1. The first-order valence-corrected chi connectivity index (χ1v) is 7.56. The first kappa shape index (κ1) is 14.3. The maximum absolute atomic E-state index is 4.42. The summed E-state index contributed by atoms with van der Waals surface area (Å²) in [6.07, 6.45) is 2.97. The van der Waals surface area contributed by atoms with Gasteiger partial charge in [-0.2, -0.15) is 5.10 Å². The Bertz CT molecular complexity index is 522. The number of benzene rings is 1. The molecule has 1 unspecified atom stereocenters. The van der Waals surface area contributed by atoms with E-state index in [0.29, 0.717) is 0 Å². The third kappa shape index (κ3) is 3.45. The van der Waals surface area contributed by atoms with E-state index in [0.717, 1.165) is 24.0 Å². The lowest BCUT2D eigenvalue weighted by molar-refractivity contribution is 0.520. The molecular weight excluding hydrogens is 302 g/mol. The van der Waals surface area contributed by atoms with Crippen molar-refractivity contribution in [3.63, 3.8) is 0 Å². The predicted molar refractivity (Wildman–Crippen MR) is 82.2 cm³/mol. The number of nitrogens with zero attached hydrogens (tertiary/aromatic N) is 2. The van der Waals surface area contributed by atoms with Gasteiger partial charge in [0, 0.05) is 17.2 Å². The summed E-state index contributed by atoms with van der Waals surface area (Å²) < 4.78 is 3.20. The van der Waals surface area contributed by atoms with Crippen LogP contribution in [-0.4, -0.2) is 16.3 Å². The Balaban J connectivity index is 2.36. The molecule has 1 N–H and O–H groups in total. The van der Waals surface area contributed by atoms with E-state index in [4.69, 9.17) is 0 Å². The second kappa shape index (κ2) is 6.87. The predicted octanol–water partition coefficient (Wildman–Crippen LogP) is 3.75. The molecule has 0 aliphatic heterocycles. The molecule has 4 heteroatoms. The fourth-order valence-corrected chi connectivity index (χ4v) is 2.69. The third-order valence-electron chi connectivity index (χ3n) is 3.07. The zero-order valence-corrected chi connectivity index (χ0v) is 13.0. The van der Waals surface area contributed by atoms with Crippen LogP contribution in [0.15, 0.2) is 41.0 Å². The van der Waals surface area contributed by atoms with Crippen molar-refractivity contribution < 1.29 is 0 Å². The molecular formula is C15H20BrN3. The molecule has 102 valence electrons. The van der Waals surface area contributed by atoms with Gasteiger partial charge in [0.2, 0.25) is 0 Å². The molecule has 0 radical (unpaired) electrons. The van der Waals surface area contributed by atoms with Crippen LogP contribution in [0.25, 0.3) is 0 Å². The van der Waals surface area contributed by atoms with Crippen LogP contribution in [0.4, 0.5) is 0 Å². The van der Waals surface area contributed by atoms with E-state index in [9.17, 15) is 0 Å². The largest absolute Gasteiger partial charge is 0.305 e. The first-order chi connectivity index (χ1) is 9.26. The maximum Gasteiger partial charge on any atom is 0.0748 e. The van der Waals surface area contributed by atoms with Crippen molar-refractivity contribution in [3.05, 3.63) is 52.3 Å². The SMILES string of the molecule is CCCn1nccc1C(NCC)c1cccc(Br)c1. The fourth-order valence-electron chi connectivity index (χ4n) is 2.27. The van der Waals surface area contributed by atoms with Crippen LogP contribution in [0.1, 0.15) is 37.6 Å². The average molecular weight is 322 g/mol. The van der Waals surface area contributed by atoms with Crippen molar-refractivity contribution in [2.45, 2.75) is 32.9 Å². The number of rotatable bonds is 6. The van der Waals surface area contributed by atoms with E-state index in [1.54, 1.807) is 0 Å². The van der Waals surface area contributed by atoms with Crippen LogP contribution in [0, 0.1) is 0 Å². The summed E-state index contributed by atoms with van der Waals surface area (Å²) >= 11 is 3.54. The molecule has 1 heterocycles. The number of nitrogens with one attached hydrogen (secondary N) is 1. The van der Waals surface area contributed by atoms with Crippen molar-refractivity contribution in [2.24, 2.45) is 0 Å². The van der Waals surface area contributed by atoms with E-state index < -0.39 is 0 Å². The molecule has 0 spiro atoms. The molecule has 2 rings (SSSR count). The van der Waals surface area contributed by atoms with Crippen LogP contribution in [-0.2, 0) is 6.54 Å². The average Bonchev–Trinajstić information content (AvgIpc) is 2.84. The van der Waals surface area contributed by atoms with Crippen LogP contribution < -0.4 is 5.32 Å². The molecule has 2 aromatic rings. The van der Waals surface area contributed by atoms with Crippen molar-refractivity contribution in [1.82, 2.24) is 15.1 Å². The van der Waals surface area contributed by atoms with E-state index >= 15 is 0 Å². The molecule has 1 aromatic carbocycles. The quantitative estimate of drug-likeness (QED) is 0.878. The van der Waals surface area contributed by atoms with Gasteiger partial charge >= 0.3 is 0 Å². The van der Waals surface area contributed by atoms with Gasteiger partial charge in [0.1, 0.15) is 0 Å². The summed E-state index contributed by atoms with van der Waals surface area (Å²) in [6, 6.07) is 10.7. The van der Waals surface area contributed by atoms with Crippen LogP contribution in [0.3, 0.4) is 0 Å². The fraction of sp³-hybridized carbons (Fsp3) is 0.400. The zero-order chi connectivity index (χ0) is 13.7. The van der Waals surface area contributed by atoms with Gasteiger partial charge in [-0.05, 0) is 36.7 Å². The molecule has 19 heavy (non-hydrogen) atoms. The highest BCUT2D eigenvalue weighted by molar-refractivity contribution is 9.10. The Morgan fingerprint density at radius 1 is 1.32 bits per heavy atom. The summed E-state index contributed by atoms with van der Waals surface area (Å²) in [5.74, 6) is 0.